The lowest BCUT2D eigenvalue weighted by atomic mass is 9.82. The Morgan fingerprint density at radius 3 is 2.77 bits per heavy atom. The SMILES string of the molecule is CCNC1=C(C)C(=O)C2=C(C1=O)C(COC(N)=O)C1(OC)C3NC3CN21. The number of piperazine rings is 1. The highest BCUT2D eigenvalue weighted by Crippen LogP contribution is 2.55. The highest BCUT2D eigenvalue weighted by molar-refractivity contribution is 6.25. The van der Waals surface area contributed by atoms with Crippen LogP contribution in [0, 0.1) is 5.92 Å². The zero-order valence-electron chi connectivity index (χ0n) is 14.9. The molecule has 0 bridgehead atoms. The summed E-state index contributed by atoms with van der Waals surface area (Å²) in [6, 6.07) is 0.144. The number of hydrogen-bond donors (Lipinski definition) is 3. The molecule has 4 rings (SSSR count). The maximum Gasteiger partial charge on any atom is 0.404 e. The smallest absolute Gasteiger partial charge is 0.404 e. The molecule has 0 radical (unpaired) electrons. The van der Waals surface area contributed by atoms with Crippen LogP contribution < -0.4 is 16.4 Å². The number of likely N-dealkylation sites (N-methyl/N-ethyl adjacent to an activating group) is 1. The molecule has 1 aliphatic carbocycles. The van der Waals surface area contributed by atoms with Crippen LogP contribution in [0.4, 0.5) is 4.79 Å². The second-order valence-corrected chi connectivity index (χ2v) is 6.95. The zero-order valence-corrected chi connectivity index (χ0v) is 14.9. The van der Waals surface area contributed by atoms with Crippen LogP contribution in [0.5, 0.6) is 0 Å². The van der Waals surface area contributed by atoms with E-state index in [0.717, 1.165) is 0 Å². The van der Waals surface area contributed by atoms with Gasteiger partial charge in [-0.3, -0.25) is 9.59 Å². The molecule has 0 aromatic rings. The van der Waals surface area contributed by atoms with E-state index in [9.17, 15) is 14.4 Å². The van der Waals surface area contributed by atoms with E-state index in [1.807, 2.05) is 11.8 Å². The third-order valence-corrected chi connectivity index (χ3v) is 5.78. The Morgan fingerprint density at radius 2 is 2.15 bits per heavy atom. The Hall–Kier alpha value is -2.39. The molecule has 0 aromatic carbocycles. The van der Waals surface area contributed by atoms with Gasteiger partial charge in [-0.2, -0.15) is 0 Å². The highest BCUT2D eigenvalue weighted by atomic mass is 16.6. The molecule has 2 fully saturated rings. The molecule has 140 valence electrons. The lowest BCUT2D eigenvalue weighted by Crippen LogP contribution is -2.55. The van der Waals surface area contributed by atoms with Crippen LogP contribution in [-0.2, 0) is 19.1 Å². The van der Waals surface area contributed by atoms with Crippen molar-refractivity contribution in [3.8, 4) is 0 Å². The molecule has 0 saturated carbocycles. The Labute approximate surface area is 150 Å². The zero-order chi connectivity index (χ0) is 18.8. The summed E-state index contributed by atoms with van der Waals surface area (Å²) in [6.07, 6.45) is -0.927. The van der Waals surface area contributed by atoms with E-state index in [0.29, 0.717) is 35.6 Å². The van der Waals surface area contributed by atoms with Crippen LogP contribution in [-0.4, -0.2) is 67.2 Å². The number of amides is 1. The van der Waals surface area contributed by atoms with Gasteiger partial charge in [0.25, 0.3) is 0 Å². The Kier molecular flexibility index (Phi) is 3.64. The van der Waals surface area contributed by atoms with Crippen molar-refractivity contribution in [1.82, 2.24) is 15.5 Å². The summed E-state index contributed by atoms with van der Waals surface area (Å²) >= 11 is 0. The number of ketones is 2. The molecule has 4 atom stereocenters. The first kappa shape index (κ1) is 17.0. The largest absolute Gasteiger partial charge is 0.449 e. The number of rotatable bonds is 5. The molecular weight excluding hydrogens is 340 g/mol. The fourth-order valence-electron chi connectivity index (χ4n) is 4.68. The Balaban J connectivity index is 1.82. The normalized spacial score (nSPS) is 34.7. The van der Waals surface area contributed by atoms with Crippen molar-refractivity contribution in [1.29, 1.82) is 0 Å². The van der Waals surface area contributed by atoms with Gasteiger partial charge in [-0.25, -0.2) is 4.79 Å². The average Bonchev–Trinajstić information content (AvgIpc) is 3.21. The molecule has 2 saturated heterocycles. The maximum absolute atomic E-state index is 13.2. The number of carbonyl (C=O) groups is 3. The topological polar surface area (TPSA) is 133 Å². The van der Waals surface area contributed by atoms with Gasteiger partial charge in [-0.05, 0) is 13.8 Å². The van der Waals surface area contributed by atoms with E-state index < -0.39 is 17.7 Å². The number of ether oxygens (including phenoxy) is 2. The number of carbonyl (C=O) groups excluding carboxylic acids is 3. The minimum Gasteiger partial charge on any atom is -0.449 e. The van der Waals surface area contributed by atoms with Crippen LogP contribution in [0.25, 0.3) is 0 Å². The van der Waals surface area contributed by atoms with Gasteiger partial charge in [0.15, 0.2) is 5.72 Å². The summed E-state index contributed by atoms with van der Waals surface area (Å²) in [4.78, 5) is 39.4. The third kappa shape index (κ3) is 1.95. The van der Waals surface area contributed by atoms with Gasteiger partial charge in [0, 0.05) is 37.4 Å². The summed E-state index contributed by atoms with van der Waals surface area (Å²) in [7, 11) is 1.55. The van der Waals surface area contributed by atoms with Crippen molar-refractivity contribution in [2.24, 2.45) is 11.7 Å². The van der Waals surface area contributed by atoms with E-state index in [-0.39, 0.29) is 30.3 Å². The number of hydrogen-bond acceptors (Lipinski definition) is 8. The van der Waals surface area contributed by atoms with Gasteiger partial charge >= 0.3 is 6.09 Å². The van der Waals surface area contributed by atoms with Gasteiger partial charge in [-0.1, -0.05) is 0 Å². The van der Waals surface area contributed by atoms with Gasteiger partial charge in [0.2, 0.25) is 11.6 Å². The van der Waals surface area contributed by atoms with Crippen molar-refractivity contribution in [2.75, 3.05) is 26.8 Å². The van der Waals surface area contributed by atoms with Crippen molar-refractivity contribution in [3.05, 3.63) is 22.5 Å². The minimum atomic E-state index is -0.932. The van der Waals surface area contributed by atoms with Gasteiger partial charge in [0.1, 0.15) is 6.61 Å². The maximum atomic E-state index is 13.2. The highest BCUT2D eigenvalue weighted by Gasteiger charge is 2.72. The number of nitrogens with zero attached hydrogens (tertiary/aromatic N) is 1. The van der Waals surface area contributed by atoms with E-state index >= 15 is 0 Å². The lowest BCUT2D eigenvalue weighted by molar-refractivity contribution is -0.137. The van der Waals surface area contributed by atoms with Crippen LogP contribution >= 0.6 is 0 Å². The third-order valence-electron chi connectivity index (χ3n) is 5.78. The first-order valence-corrected chi connectivity index (χ1v) is 8.67. The summed E-state index contributed by atoms with van der Waals surface area (Å²) in [6.45, 7) is 4.47. The fourth-order valence-corrected chi connectivity index (χ4v) is 4.68. The van der Waals surface area contributed by atoms with Crippen LogP contribution in [0.1, 0.15) is 13.8 Å². The monoisotopic (exact) mass is 362 g/mol. The number of fused-ring (bicyclic) bond motifs is 4. The fraction of sp³-hybridized carbons (Fsp3) is 0.588. The molecule has 26 heavy (non-hydrogen) atoms. The standard InChI is InChI=1S/C17H22N4O5/c1-4-19-11-7(2)13(22)12-10(14(11)23)8(6-26-16(18)24)17(25-3)15-9(20-15)5-21(12)17/h8-9,15,19-20H,4-6H2,1-3H3,(H2,18,24). The lowest BCUT2D eigenvalue weighted by Gasteiger charge is -2.39. The molecule has 0 spiro atoms. The predicted molar refractivity (Wildman–Crippen MR) is 89.6 cm³/mol. The molecule has 4 N–H and O–H groups in total. The number of methoxy groups -OCH3 is 1. The number of nitrogens with two attached hydrogens (primary N) is 1. The molecule has 4 aliphatic rings. The van der Waals surface area contributed by atoms with Crippen molar-refractivity contribution >= 4 is 17.7 Å². The van der Waals surface area contributed by atoms with Crippen LogP contribution in [0.3, 0.4) is 0 Å². The second-order valence-electron chi connectivity index (χ2n) is 6.95. The number of nitrogens with one attached hydrogen (secondary N) is 2. The summed E-state index contributed by atoms with van der Waals surface area (Å²) in [5.74, 6) is -1.04. The van der Waals surface area contributed by atoms with Crippen LogP contribution in [0.2, 0.25) is 0 Å². The first-order valence-electron chi connectivity index (χ1n) is 8.67. The molecule has 3 heterocycles. The first-order chi connectivity index (χ1) is 12.4. The summed E-state index contributed by atoms with van der Waals surface area (Å²) in [5.41, 5.74) is 5.61. The Morgan fingerprint density at radius 1 is 1.42 bits per heavy atom. The quantitative estimate of drug-likeness (QED) is 0.419. The summed E-state index contributed by atoms with van der Waals surface area (Å²) < 4.78 is 10.9. The second kappa shape index (κ2) is 5.55. The van der Waals surface area contributed by atoms with Crippen molar-refractivity contribution in [2.45, 2.75) is 31.7 Å². The van der Waals surface area contributed by atoms with Gasteiger partial charge in [-0.15, -0.1) is 0 Å². The number of Topliss-reactive ketones (excluding diaryl/α,β-unsaturated/α-hetero) is 2. The van der Waals surface area contributed by atoms with Crippen LogP contribution in [0.15, 0.2) is 22.5 Å². The van der Waals surface area contributed by atoms with Gasteiger partial charge in [0.05, 0.1) is 23.4 Å². The molecule has 0 aromatic heterocycles. The molecular formula is C17H22N4O5. The minimum absolute atomic E-state index is 0.0388. The van der Waals surface area contributed by atoms with Gasteiger partial charge < -0.3 is 30.7 Å². The number of primary amides is 1. The molecule has 9 nitrogen and oxygen atoms in total. The Bertz CT molecular complexity index is 788. The van der Waals surface area contributed by atoms with E-state index in [4.69, 9.17) is 15.2 Å². The van der Waals surface area contributed by atoms with E-state index in [1.54, 1.807) is 14.0 Å². The van der Waals surface area contributed by atoms with E-state index in [2.05, 4.69) is 10.6 Å². The molecule has 1 amide bonds. The molecule has 9 heteroatoms. The molecule has 3 aliphatic heterocycles. The van der Waals surface area contributed by atoms with Crippen molar-refractivity contribution < 1.29 is 23.9 Å². The van der Waals surface area contributed by atoms with E-state index in [1.165, 1.54) is 0 Å². The summed E-state index contributed by atoms with van der Waals surface area (Å²) in [5, 5.41) is 6.32. The average molecular weight is 362 g/mol. The predicted octanol–water partition coefficient (Wildman–Crippen LogP) is -1.00. The van der Waals surface area contributed by atoms with Crippen molar-refractivity contribution in [3.63, 3.8) is 0 Å². The molecule has 4 unspecified atom stereocenters. The number of allylic oxidation sites excluding steroid dienone is 2.